The number of ether oxygens (including phenoxy) is 1. The van der Waals surface area contributed by atoms with E-state index in [9.17, 15) is 4.79 Å². The Hall–Kier alpha value is -0.810. The second-order valence-corrected chi connectivity index (χ2v) is 5.35. The molecule has 1 rings (SSSR count). The Labute approximate surface area is 97.5 Å². The van der Waals surface area contributed by atoms with Gasteiger partial charge in [-0.1, -0.05) is 0 Å². The summed E-state index contributed by atoms with van der Waals surface area (Å²) in [7, 11) is 1.86. The van der Waals surface area contributed by atoms with Crippen molar-refractivity contribution in [1.82, 2.24) is 15.8 Å². The van der Waals surface area contributed by atoms with Crippen molar-refractivity contribution in [3.8, 4) is 0 Å². The highest BCUT2D eigenvalue weighted by Crippen LogP contribution is 2.09. The Bertz CT molecular complexity index is 232. The standard InChI is InChI=1S/C11H23N3O2/c1-11(2,3)16-10(15)13-14(4)8-9-5-6-12-7-9/h9,12H,5-8H2,1-4H3,(H,13,15). The van der Waals surface area contributed by atoms with Crippen LogP contribution in [0.4, 0.5) is 4.79 Å². The average molecular weight is 229 g/mol. The molecular formula is C11H23N3O2. The first-order valence-electron chi connectivity index (χ1n) is 5.78. The van der Waals surface area contributed by atoms with E-state index in [4.69, 9.17) is 4.74 Å². The van der Waals surface area contributed by atoms with E-state index in [2.05, 4.69) is 10.7 Å². The minimum Gasteiger partial charge on any atom is -0.443 e. The van der Waals surface area contributed by atoms with Crippen molar-refractivity contribution in [2.75, 3.05) is 26.7 Å². The van der Waals surface area contributed by atoms with Gasteiger partial charge in [0, 0.05) is 13.6 Å². The van der Waals surface area contributed by atoms with Crippen molar-refractivity contribution in [3.63, 3.8) is 0 Å². The summed E-state index contributed by atoms with van der Waals surface area (Å²) < 4.78 is 5.17. The monoisotopic (exact) mass is 229 g/mol. The smallest absolute Gasteiger partial charge is 0.422 e. The van der Waals surface area contributed by atoms with Crippen LogP contribution < -0.4 is 10.7 Å². The summed E-state index contributed by atoms with van der Waals surface area (Å²) in [4.78, 5) is 11.5. The highest BCUT2D eigenvalue weighted by Gasteiger charge is 2.20. The van der Waals surface area contributed by atoms with Crippen molar-refractivity contribution in [3.05, 3.63) is 0 Å². The van der Waals surface area contributed by atoms with E-state index in [-0.39, 0.29) is 6.09 Å². The highest BCUT2D eigenvalue weighted by molar-refractivity contribution is 5.66. The Morgan fingerprint density at radius 2 is 2.25 bits per heavy atom. The van der Waals surface area contributed by atoms with Crippen LogP contribution in [-0.2, 0) is 4.74 Å². The maximum atomic E-state index is 11.5. The topological polar surface area (TPSA) is 53.6 Å². The van der Waals surface area contributed by atoms with Gasteiger partial charge in [-0.25, -0.2) is 9.80 Å². The van der Waals surface area contributed by atoms with Gasteiger partial charge in [0.15, 0.2) is 0 Å². The molecule has 2 N–H and O–H groups in total. The van der Waals surface area contributed by atoms with Crippen LogP contribution in [0.15, 0.2) is 0 Å². The lowest BCUT2D eigenvalue weighted by Crippen LogP contribution is -2.44. The van der Waals surface area contributed by atoms with Crippen LogP contribution in [0, 0.1) is 5.92 Å². The molecule has 0 aromatic carbocycles. The summed E-state index contributed by atoms with van der Waals surface area (Å²) in [6.07, 6.45) is 0.779. The Morgan fingerprint density at radius 3 is 2.75 bits per heavy atom. The largest absolute Gasteiger partial charge is 0.443 e. The summed E-state index contributed by atoms with van der Waals surface area (Å²) in [5, 5.41) is 5.10. The van der Waals surface area contributed by atoms with Gasteiger partial charge >= 0.3 is 6.09 Å². The van der Waals surface area contributed by atoms with E-state index in [0.717, 1.165) is 19.6 Å². The SMILES string of the molecule is CN(CC1CCNC1)NC(=O)OC(C)(C)C. The first-order chi connectivity index (χ1) is 7.37. The minimum atomic E-state index is -0.445. The second-order valence-electron chi connectivity index (χ2n) is 5.35. The molecule has 0 aromatic heterocycles. The van der Waals surface area contributed by atoms with E-state index in [1.807, 2.05) is 27.8 Å². The lowest BCUT2D eigenvalue weighted by Gasteiger charge is -2.24. The molecule has 1 fully saturated rings. The molecule has 1 unspecified atom stereocenters. The fourth-order valence-electron chi connectivity index (χ4n) is 1.76. The number of hydrogen-bond donors (Lipinski definition) is 2. The van der Waals surface area contributed by atoms with Crippen LogP contribution in [0.5, 0.6) is 0 Å². The molecule has 0 radical (unpaired) electrons. The third kappa shape index (κ3) is 5.32. The molecule has 16 heavy (non-hydrogen) atoms. The van der Waals surface area contributed by atoms with Gasteiger partial charge in [-0.2, -0.15) is 0 Å². The molecule has 0 aliphatic carbocycles. The van der Waals surface area contributed by atoms with Crippen molar-refractivity contribution in [2.24, 2.45) is 5.92 Å². The molecule has 0 saturated carbocycles. The van der Waals surface area contributed by atoms with Crippen LogP contribution in [0.25, 0.3) is 0 Å². The minimum absolute atomic E-state index is 0.388. The molecule has 1 amide bonds. The van der Waals surface area contributed by atoms with Gasteiger partial charge in [0.2, 0.25) is 0 Å². The molecule has 0 aromatic rings. The summed E-state index contributed by atoms with van der Waals surface area (Å²) >= 11 is 0. The normalized spacial score (nSPS) is 21.2. The number of nitrogens with zero attached hydrogens (tertiary/aromatic N) is 1. The zero-order valence-corrected chi connectivity index (χ0v) is 10.7. The lowest BCUT2D eigenvalue weighted by atomic mass is 10.1. The van der Waals surface area contributed by atoms with E-state index in [1.165, 1.54) is 6.42 Å². The van der Waals surface area contributed by atoms with Crippen LogP contribution in [0.3, 0.4) is 0 Å². The van der Waals surface area contributed by atoms with Gasteiger partial charge in [0.1, 0.15) is 5.60 Å². The van der Waals surface area contributed by atoms with Crippen molar-refractivity contribution in [1.29, 1.82) is 0 Å². The van der Waals surface area contributed by atoms with Gasteiger partial charge in [0.25, 0.3) is 0 Å². The first-order valence-corrected chi connectivity index (χ1v) is 5.78. The molecule has 5 heteroatoms. The first kappa shape index (κ1) is 13.3. The van der Waals surface area contributed by atoms with E-state index >= 15 is 0 Å². The summed E-state index contributed by atoms with van der Waals surface area (Å²) in [5.74, 6) is 0.611. The molecule has 1 atom stereocenters. The number of amides is 1. The van der Waals surface area contributed by atoms with Crippen LogP contribution in [0.1, 0.15) is 27.2 Å². The third-order valence-electron chi connectivity index (χ3n) is 2.38. The predicted molar refractivity (Wildman–Crippen MR) is 63.0 cm³/mol. The number of hydrazine groups is 1. The van der Waals surface area contributed by atoms with Crippen molar-refractivity contribution >= 4 is 6.09 Å². The Balaban J connectivity index is 2.22. The van der Waals surface area contributed by atoms with Crippen LogP contribution in [0.2, 0.25) is 0 Å². The highest BCUT2D eigenvalue weighted by atomic mass is 16.6. The van der Waals surface area contributed by atoms with Gasteiger partial charge in [0.05, 0.1) is 0 Å². The van der Waals surface area contributed by atoms with Crippen LogP contribution in [-0.4, -0.2) is 43.4 Å². The van der Waals surface area contributed by atoms with Crippen molar-refractivity contribution < 1.29 is 9.53 Å². The van der Waals surface area contributed by atoms with Crippen LogP contribution >= 0.6 is 0 Å². The molecule has 0 spiro atoms. The number of nitrogens with one attached hydrogen (secondary N) is 2. The molecule has 5 nitrogen and oxygen atoms in total. The maximum absolute atomic E-state index is 11.5. The van der Waals surface area contributed by atoms with Gasteiger partial charge < -0.3 is 10.1 Å². The van der Waals surface area contributed by atoms with E-state index < -0.39 is 5.60 Å². The molecule has 1 heterocycles. The Morgan fingerprint density at radius 1 is 1.56 bits per heavy atom. The summed E-state index contributed by atoms with van der Waals surface area (Å²) in [5.41, 5.74) is 2.26. The van der Waals surface area contributed by atoms with Gasteiger partial charge in [-0.05, 0) is 46.2 Å². The molecule has 1 aliphatic rings. The van der Waals surface area contributed by atoms with Crippen molar-refractivity contribution in [2.45, 2.75) is 32.8 Å². The number of hydrogen-bond acceptors (Lipinski definition) is 4. The summed E-state index contributed by atoms with van der Waals surface area (Å²) in [6.45, 7) is 8.52. The molecule has 1 aliphatic heterocycles. The van der Waals surface area contributed by atoms with E-state index in [1.54, 1.807) is 5.01 Å². The number of carbonyl (C=O) groups is 1. The second kappa shape index (κ2) is 5.50. The fraction of sp³-hybridized carbons (Fsp3) is 0.909. The molecular weight excluding hydrogens is 206 g/mol. The molecule has 1 saturated heterocycles. The number of rotatable bonds is 3. The predicted octanol–water partition coefficient (Wildman–Crippen LogP) is 0.967. The zero-order valence-electron chi connectivity index (χ0n) is 10.7. The van der Waals surface area contributed by atoms with E-state index in [0.29, 0.717) is 5.92 Å². The third-order valence-corrected chi connectivity index (χ3v) is 2.38. The fourth-order valence-corrected chi connectivity index (χ4v) is 1.76. The quantitative estimate of drug-likeness (QED) is 0.708. The average Bonchev–Trinajstić information content (AvgIpc) is 2.51. The number of carbonyl (C=O) groups excluding carboxylic acids is 1. The molecule has 0 bridgehead atoms. The maximum Gasteiger partial charge on any atom is 0.422 e. The lowest BCUT2D eigenvalue weighted by molar-refractivity contribution is 0.0352. The Kier molecular flexibility index (Phi) is 4.56. The van der Waals surface area contributed by atoms with Gasteiger partial charge in [-0.15, -0.1) is 0 Å². The zero-order chi connectivity index (χ0) is 12.2. The summed E-state index contributed by atoms with van der Waals surface area (Å²) in [6, 6.07) is 0. The van der Waals surface area contributed by atoms with Gasteiger partial charge in [-0.3, -0.25) is 5.43 Å². The molecule has 94 valence electrons.